The van der Waals surface area contributed by atoms with Gasteiger partial charge >= 0.3 is 0 Å². The predicted molar refractivity (Wildman–Crippen MR) is 87.7 cm³/mol. The van der Waals surface area contributed by atoms with Gasteiger partial charge in [0, 0.05) is 10.9 Å². The second-order valence-electron chi connectivity index (χ2n) is 6.17. The third-order valence-corrected chi connectivity index (χ3v) is 4.31. The van der Waals surface area contributed by atoms with Gasteiger partial charge in [-0.3, -0.25) is 4.79 Å². The van der Waals surface area contributed by atoms with Gasteiger partial charge in [-0.15, -0.1) is 0 Å². The summed E-state index contributed by atoms with van der Waals surface area (Å²) in [6, 6.07) is 3.33. The molecule has 116 valence electrons. The van der Waals surface area contributed by atoms with E-state index >= 15 is 0 Å². The van der Waals surface area contributed by atoms with E-state index in [-0.39, 0.29) is 11.7 Å². The molecule has 4 heteroatoms. The van der Waals surface area contributed by atoms with E-state index in [0.29, 0.717) is 33.9 Å². The maximum Gasteiger partial charge on any atom is 0.169 e. The van der Waals surface area contributed by atoms with Crippen LogP contribution < -0.4 is 4.74 Å². The van der Waals surface area contributed by atoms with E-state index in [4.69, 9.17) is 27.9 Å². The molecule has 1 aliphatic rings. The number of carbonyl (C=O) groups is 1. The molecule has 0 aliphatic heterocycles. The number of carbonyl (C=O) groups excluding carboxylic acids is 1. The standard InChI is InChI=1S/C17H22Cl2O2/c1-11(2)10-21-17-14(8-13(18)9-15(17)19)16(20)12-6-4-3-5-7-12/h8-9,11-12H,3-7,10H2,1-2H3. The maximum absolute atomic E-state index is 12.8. The molecular formula is C17H22Cl2O2. The zero-order valence-electron chi connectivity index (χ0n) is 12.6. The molecule has 2 rings (SSSR count). The van der Waals surface area contributed by atoms with Gasteiger partial charge in [0.2, 0.25) is 0 Å². The summed E-state index contributed by atoms with van der Waals surface area (Å²) in [5, 5.41) is 0.901. The summed E-state index contributed by atoms with van der Waals surface area (Å²) in [7, 11) is 0. The Kier molecular flexibility index (Phi) is 5.95. The molecule has 0 N–H and O–H groups in total. The largest absolute Gasteiger partial charge is 0.491 e. The summed E-state index contributed by atoms with van der Waals surface area (Å²) in [4.78, 5) is 12.8. The Morgan fingerprint density at radius 3 is 2.52 bits per heavy atom. The van der Waals surface area contributed by atoms with Crippen molar-refractivity contribution in [2.24, 2.45) is 11.8 Å². The van der Waals surface area contributed by atoms with Crippen LogP contribution in [0.1, 0.15) is 56.3 Å². The molecule has 1 saturated carbocycles. The van der Waals surface area contributed by atoms with Gasteiger partial charge in [0.05, 0.1) is 17.2 Å². The van der Waals surface area contributed by atoms with Crippen LogP contribution in [0.25, 0.3) is 0 Å². The molecule has 1 aromatic rings. The third-order valence-electron chi connectivity index (χ3n) is 3.81. The number of rotatable bonds is 5. The van der Waals surface area contributed by atoms with Crippen LogP contribution in [0.5, 0.6) is 5.75 Å². The first-order chi connectivity index (χ1) is 9.99. The second-order valence-corrected chi connectivity index (χ2v) is 7.01. The first-order valence-corrected chi connectivity index (χ1v) is 8.40. The number of hydrogen-bond donors (Lipinski definition) is 0. The number of halogens is 2. The van der Waals surface area contributed by atoms with Gasteiger partial charge in [0.15, 0.2) is 5.78 Å². The fraction of sp³-hybridized carbons (Fsp3) is 0.588. The molecule has 1 fully saturated rings. The lowest BCUT2D eigenvalue weighted by Crippen LogP contribution is -2.19. The van der Waals surface area contributed by atoms with Crippen LogP contribution >= 0.6 is 23.2 Å². The van der Waals surface area contributed by atoms with Gasteiger partial charge in [-0.1, -0.05) is 56.3 Å². The van der Waals surface area contributed by atoms with E-state index in [1.54, 1.807) is 12.1 Å². The van der Waals surface area contributed by atoms with Crippen molar-refractivity contribution in [3.8, 4) is 5.75 Å². The normalized spacial score (nSPS) is 16.2. The van der Waals surface area contributed by atoms with E-state index in [9.17, 15) is 4.79 Å². The maximum atomic E-state index is 12.8. The molecule has 0 bridgehead atoms. The molecule has 1 aromatic carbocycles. The minimum Gasteiger partial charge on any atom is -0.491 e. The predicted octanol–water partition coefficient (Wildman–Crippen LogP) is 5.79. The van der Waals surface area contributed by atoms with Gasteiger partial charge < -0.3 is 4.74 Å². The van der Waals surface area contributed by atoms with Crippen molar-refractivity contribution in [3.63, 3.8) is 0 Å². The Morgan fingerprint density at radius 2 is 1.90 bits per heavy atom. The average molecular weight is 329 g/mol. The molecule has 2 nitrogen and oxygen atoms in total. The summed E-state index contributed by atoms with van der Waals surface area (Å²) in [5.74, 6) is 1.06. The highest BCUT2D eigenvalue weighted by molar-refractivity contribution is 6.36. The van der Waals surface area contributed by atoms with Crippen molar-refractivity contribution in [2.45, 2.75) is 46.0 Å². The summed E-state index contributed by atoms with van der Waals surface area (Å²) in [5.41, 5.74) is 0.542. The first kappa shape index (κ1) is 16.6. The monoisotopic (exact) mass is 328 g/mol. The fourth-order valence-corrected chi connectivity index (χ4v) is 3.27. The lowest BCUT2D eigenvalue weighted by atomic mass is 9.83. The number of Topliss-reactive ketones (excluding diaryl/α,β-unsaturated/α-hetero) is 1. The zero-order valence-corrected chi connectivity index (χ0v) is 14.1. The van der Waals surface area contributed by atoms with Crippen molar-refractivity contribution in [1.82, 2.24) is 0 Å². The Hall–Kier alpha value is -0.730. The molecule has 0 spiro atoms. The van der Waals surface area contributed by atoms with Gasteiger partial charge in [-0.05, 0) is 30.9 Å². The summed E-state index contributed by atoms with van der Waals surface area (Å²) in [6.45, 7) is 4.66. The van der Waals surface area contributed by atoms with Crippen molar-refractivity contribution in [1.29, 1.82) is 0 Å². The minimum absolute atomic E-state index is 0.0784. The highest BCUT2D eigenvalue weighted by atomic mass is 35.5. The average Bonchev–Trinajstić information content (AvgIpc) is 2.45. The van der Waals surface area contributed by atoms with E-state index in [1.807, 2.05) is 0 Å². The van der Waals surface area contributed by atoms with Gasteiger partial charge in [0.25, 0.3) is 0 Å². The first-order valence-electron chi connectivity index (χ1n) is 7.65. The molecule has 0 amide bonds. The lowest BCUT2D eigenvalue weighted by molar-refractivity contribution is 0.0884. The molecule has 0 unspecified atom stereocenters. The number of benzene rings is 1. The lowest BCUT2D eigenvalue weighted by Gasteiger charge is -2.22. The van der Waals surface area contributed by atoms with E-state index in [2.05, 4.69) is 13.8 Å². The van der Waals surface area contributed by atoms with Crippen molar-refractivity contribution < 1.29 is 9.53 Å². The summed E-state index contributed by atoms with van der Waals surface area (Å²) >= 11 is 12.3. The van der Waals surface area contributed by atoms with E-state index in [1.165, 1.54) is 6.42 Å². The third kappa shape index (κ3) is 4.37. The zero-order chi connectivity index (χ0) is 15.4. The number of ether oxygens (including phenoxy) is 1. The van der Waals surface area contributed by atoms with Crippen LogP contribution in [0.4, 0.5) is 0 Å². The topological polar surface area (TPSA) is 26.3 Å². The van der Waals surface area contributed by atoms with Gasteiger partial charge in [-0.2, -0.15) is 0 Å². The molecule has 0 aromatic heterocycles. The summed E-state index contributed by atoms with van der Waals surface area (Å²) in [6.07, 6.45) is 5.36. The van der Waals surface area contributed by atoms with Crippen molar-refractivity contribution >= 4 is 29.0 Å². The Labute approximate surface area is 136 Å². The van der Waals surface area contributed by atoms with Crippen LogP contribution in [-0.2, 0) is 0 Å². The number of ketones is 1. The van der Waals surface area contributed by atoms with E-state index in [0.717, 1.165) is 25.7 Å². The smallest absolute Gasteiger partial charge is 0.169 e. The van der Waals surface area contributed by atoms with Crippen LogP contribution in [0.3, 0.4) is 0 Å². The molecule has 0 heterocycles. The van der Waals surface area contributed by atoms with Crippen LogP contribution in [0.15, 0.2) is 12.1 Å². The quantitative estimate of drug-likeness (QED) is 0.639. The Morgan fingerprint density at radius 1 is 1.24 bits per heavy atom. The highest BCUT2D eigenvalue weighted by Gasteiger charge is 2.26. The van der Waals surface area contributed by atoms with Gasteiger partial charge in [-0.25, -0.2) is 0 Å². The number of hydrogen-bond acceptors (Lipinski definition) is 2. The van der Waals surface area contributed by atoms with Crippen LogP contribution in [-0.4, -0.2) is 12.4 Å². The molecular weight excluding hydrogens is 307 g/mol. The molecule has 0 saturated heterocycles. The SMILES string of the molecule is CC(C)COc1c(Cl)cc(Cl)cc1C(=O)C1CCCCC1. The Balaban J connectivity index is 2.28. The van der Waals surface area contributed by atoms with Crippen molar-refractivity contribution in [2.75, 3.05) is 6.61 Å². The van der Waals surface area contributed by atoms with E-state index < -0.39 is 0 Å². The highest BCUT2D eigenvalue weighted by Crippen LogP contribution is 2.36. The van der Waals surface area contributed by atoms with Crippen molar-refractivity contribution in [3.05, 3.63) is 27.7 Å². The Bertz CT molecular complexity index is 506. The molecule has 21 heavy (non-hydrogen) atoms. The van der Waals surface area contributed by atoms with Crippen LogP contribution in [0.2, 0.25) is 10.0 Å². The van der Waals surface area contributed by atoms with Gasteiger partial charge in [0.1, 0.15) is 5.75 Å². The molecule has 0 radical (unpaired) electrons. The molecule has 0 atom stereocenters. The molecule has 1 aliphatic carbocycles. The minimum atomic E-state index is 0.0784. The fourth-order valence-electron chi connectivity index (χ4n) is 2.72. The summed E-state index contributed by atoms with van der Waals surface area (Å²) < 4.78 is 5.78. The van der Waals surface area contributed by atoms with Crippen LogP contribution in [0, 0.1) is 11.8 Å². The second kappa shape index (κ2) is 7.51.